The van der Waals surface area contributed by atoms with Crippen LogP contribution in [-0.4, -0.2) is 63.8 Å². The lowest BCUT2D eigenvalue weighted by molar-refractivity contribution is -0.129. The van der Waals surface area contributed by atoms with Crippen molar-refractivity contribution in [3.63, 3.8) is 0 Å². The summed E-state index contributed by atoms with van der Waals surface area (Å²) in [6.45, 7) is 6.21. The number of methoxy groups -OCH3 is 1. The first kappa shape index (κ1) is 32.3. The molecule has 3 N–H and O–H groups in total. The Balaban J connectivity index is 1.19. The van der Waals surface area contributed by atoms with Gasteiger partial charge in [0.05, 0.1) is 39.6 Å². The van der Waals surface area contributed by atoms with E-state index in [4.69, 9.17) is 28.9 Å². The second kappa shape index (κ2) is 17.5. The molecule has 9 heteroatoms. The lowest BCUT2D eigenvalue weighted by atomic mass is 9.88. The fourth-order valence-electron chi connectivity index (χ4n) is 5.36. The van der Waals surface area contributed by atoms with E-state index in [1.165, 1.54) is 5.56 Å². The maximum Gasteiger partial charge on any atom is 0.243 e. The first-order valence-electron chi connectivity index (χ1n) is 15.0. The van der Waals surface area contributed by atoms with Gasteiger partial charge in [0.2, 0.25) is 5.91 Å². The topological polar surface area (TPSA) is 108 Å². The van der Waals surface area contributed by atoms with E-state index in [2.05, 4.69) is 17.4 Å². The maximum atomic E-state index is 11.6. The smallest absolute Gasteiger partial charge is 0.243 e. The summed E-state index contributed by atoms with van der Waals surface area (Å²) >= 11 is 0. The molecule has 0 bridgehead atoms. The summed E-state index contributed by atoms with van der Waals surface area (Å²) < 4.78 is 29.5. The average molecular weight is 593 g/mol. The van der Waals surface area contributed by atoms with Crippen LogP contribution in [0, 0.1) is 0 Å². The van der Waals surface area contributed by atoms with E-state index in [1.54, 1.807) is 12.6 Å². The van der Waals surface area contributed by atoms with Gasteiger partial charge in [0.1, 0.15) is 23.9 Å². The molecule has 1 saturated heterocycles. The minimum absolute atomic E-state index is 0.0342. The summed E-state index contributed by atoms with van der Waals surface area (Å²) in [7, 11) is 1.67. The van der Waals surface area contributed by atoms with E-state index in [1.807, 2.05) is 67.6 Å². The molecule has 0 aromatic heterocycles. The Morgan fingerprint density at radius 1 is 0.953 bits per heavy atom. The van der Waals surface area contributed by atoms with Crippen LogP contribution in [0.5, 0.6) is 17.2 Å². The van der Waals surface area contributed by atoms with Crippen molar-refractivity contribution in [3.05, 3.63) is 89.5 Å². The van der Waals surface area contributed by atoms with Gasteiger partial charge in [-0.15, -0.1) is 0 Å². The molecule has 0 spiro atoms. The fourth-order valence-corrected chi connectivity index (χ4v) is 5.36. The maximum absolute atomic E-state index is 11.6. The number of hydrogen-bond donors (Lipinski definition) is 3. The van der Waals surface area contributed by atoms with Crippen LogP contribution >= 0.6 is 0 Å². The van der Waals surface area contributed by atoms with Crippen molar-refractivity contribution in [1.82, 2.24) is 10.8 Å². The van der Waals surface area contributed by atoms with Gasteiger partial charge in [-0.25, -0.2) is 5.48 Å². The third kappa shape index (κ3) is 9.96. The number of hydroxylamine groups is 1. The number of benzene rings is 3. The molecule has 4 rings (SSSR count). The number of piperidine rings is 1. The molecule has 9 nitrogen and oxygen atoms in total. The molecule has 1 amide bonds. The Hall–Kier alpha value is -3.63. The zero-order chi connectivity index (χ0) is 30.3. The van der Waals surface area contributed by atoms with Gasteiger partial charge in [-0.2, -0.15) is 0 Å². The van der Waals surface area contributed by atoms with E-state index in [0.717, 1.165) is 54.3 Å². The fraction of sp³-hybridized carbons (Fsp3) is 0.441. The van der Waals surface area contributed by atoms with Crippen molar-refractivity contribution in [3.8, 4) is 17.2 Å². The number of ether oxygens (including phenoxy) is 5. The van der Waals surface area contributed by atoms with Crippen molar-refractivity contribution >= 4 is 5.91 Å². The SMILES string of the molecule is COc1ccccc1COCCCOc1ccc(C2CCNCC2OCCOc2ccccc2C(C)CC(=O)NO)cc1. The van der Waals surface area contributed by atoms with E-state index < -0.39 is 5.91 Å². The highest BCUT2D eigenvalue weighted by Crippen LogP contribution is 2.30. The molecule has 1 heterocycles. The van der Waals surface area contributed by atoms with Gasteiger partial charge < -0.3 is 29.0 Å². The molecule has 3 aromatic carbocycles. The zero-order valence-electron chi connectivity index (χ0n) is 25.1. The largest absolute Gasteiger partial charge is 0.496 e. The summed E-state index contributed by atoms with van der Waals surface area (Å²) in [6.07, 6.45) is 1.99. The lowest BCUT2D eigenvalue weighted by Gasteiger charge is -2.32. The third-order valence-electron chi connectivity index (χ3n) is 7.63. The number of nitrogens with one attached hydrogen (secondary N) is 2. The van der Waals surface area contributed by atoms with Gasteiger partial charge in [0, 0.05) is 30.9 Å². The monoisotopic (exact) mass is 592 g/mol. The number of hydrogen-bond acceptors (Lipinski definition) is 8. The summed E-state index contributed by atoms with van der Waals surface area (Å²) in [4.78, 5) is 11.6. The molecule has 3 aromatic rings. The Morgan fingerprint density at radius 2 is 1.72 bits per heavy atom. The van der Waals surface area contributed by atoms with Crippen molar-refractivity contribution in [2.75, 3.05) is 46.6 Å². The van der Waals surface area contributed by atoms with Crippen LogP contribution in [0.25, 0.3) is 0 Å². The Bertz CT molecular complexity index is 1250. The highest BCUT2D eigenvalue weighted by Gasteiger charge is 2.27. The van der Waals surface area contributed by atoms with E-state index in [-0.39, 0.29) is 24.4 Å². The molecule has 0 aliphatic carbocycles. The Kier molecular flexibility index (Phi) is 13.1. The quantitative estimate of drug-likeness (QED) is 0.111. The average Bonchev–Trinajstić information content (AvgIpc) is 3.05. The minimum Gasteiger partial charge on any atom is -0.496 e. The van der Waals surface area contributed by atoms with Crippen molar-refractivity contribution in [2.24, 2.45) is 0 Å². The number of amides is 1. The lowest BCUT2D eigenvalue weighted by Crippen LogP contribution is -2.41. The molecule has 3 atom stereocenters. The normalized spacial score (nSPS) is 17.2. The van der Waals surface area contributed by atoms with Crippen LogP contribution in [0.3, 0.4) is 0 Å². The highest BCUT2D eigenvalue weighted by atomic mass is 16.5. The molecule has 232 valence electrons. The van der Waals surface area contributed by atoms with Crippen molar-refractivity contribution < 1.29 is 33.7 Å². The second-order valence-electron chi connectivity index (χ2n) is 10.7. The summed E-state index contributed by atoms with van der Waals surface area (Å²) in [6, 6.07) is 23.9. The van der Waals surface area contributed by atoms with Gasteiger partial charge >= 0.3 is 0 Å². The standard InChI is InChI=1S/C34H44N2O7/c1-25(22-34(37)36-38)29-9-4-6-11-32(29)42-20-21-43-33-23-35-17-16-30(33)26-12-14-28(15-13-26)41-19-7-18-40-24-27-8-3-5-10-31(27)39-2/h3-6,8-15,25,30,33,35,38H,7,16-24H2,1-2H3,(H,36,37). The van der Waals surface area contributed by atoms with Crippen molar-refractivity contribution in [2.45, 2.75) is 50.7 Å². The zero-order valence-corrected chi connectivity index (χ0v) is 25.1. The van der Waals surface area contributed by atoms with E-state index in [9.17, 15) is 4.79 Å². The van der Waals surface area contributed by atoms with Gasteiger partial charge in [-0.3, -0.25) is 10.0 Å². The Morgan fingerprint density at radius 3 is 2.51 bits per heavy atom. The number of carbonyl (C=O) groups excluding carboxylic acids is 1. The number of carbonyl (C=O) groups is 1. The first-order valence-corrected chi connectivity index (χ1v) is 15.0. The van der Waals surface area contributed by atoms with Crippen LogP contribution in [0.4, 0.5) is 0 Å². The second-order valence-corrected chi connectivity index (χ2v) is 10.7. The number of rotatable bonds is 17. The molecule has 0 radical (unpaired) electrons. The van der Waals surface area contributed by atoms with Crippen LogP contribution < -0.4 is 25.0 Å². The third-order valence-corrected chi connectivity index (χ3v) is 7.63. The van der Waals surface area contributed by atoms with Crippen molar-refractivity contribution in [1.29, 1.82) is 0 Å². The Labute approximate surface area is 254 Å². The summed E-state index contributed by atoms with van der Waals surface area (Å²) in [5.74, 6) is 2.17. The van der Waals surface area contributed by atoms with Crippen LogP contribution in [0.15, 0.2) is 72.8 Å². The van der Waals surface area contributed by atoms with Crippen LogP contribution in [0.2, 0.25) is 0 Å². The number of para-hydroxylation sites is 2. The predicted molar refractivity (Wildman–Crippen MR) is 164 cm³/mol. The van der Waals surface area contributed by atoms with Gasteiger partial charge in [0.25, 0.3) is 0 Å². The van der Waals surface area contributed by atoms with E-state index in [0.29, 0.717) is 33.0 Å². The molecule has 3 unspecified atom stereocenters. The summed E-state index contributed by atoms with van der Waals surface area (Å²) in [5, 5.41) is 12.3. The van der Waals surface area contributed by atoms with Gasteiger partial charge in [-0.05, 0) is 54.3 Å². The predicted octanol–water partition coefficient (Wildman–Crippen LogP) is 5.22. The molecular formula is C34H44N2O7. The highest BCUT2D eigenvalue weighted by molar-refractivity contribution is 5.75. The summed E-state index contributed by atoms with van der Waals surface area (Å²) in [5.41, 5.74) is 4.89. The molecule has 1 fully saturated rings. The molecular weight excluding hydrogens is 548 g/mol. The first-order chi connectivity index (χ1) is 21.1. The van der Waals surface area contributed by atoms with Crippen LogP contribution in [0.1, 0.15) is 54.7 Å². The van der Waals surface area contributed by atoms with Gasteiger partial charge in [0.15, 0.2) is 0 Å². The molecule has 43 heavy (non-hydrogen) atoms. The molecule has 0 saturated carbocycles. The molecule has 1 aliphatic rings. The minimum atomic E-state index is -0.424. The van der Waals surface area contributed by atoms with Crippen LogP contribution in [-0.2, 0) is 20.9 Å². The van der Waals surface area contributed by atoms with Gasteiger partial charge in [-0.1, -0.05) is 55.5 Å². The van der Waals surface area contributed by atoms with E-state index >= 15 is 0 Å². The molecule has 1 aliphatic heterocycles.